The van der Waals surface area contributed by atoms with E-state index in [0.29, 0.717) is 24.3 Å². The third-order valence-electron chi connectivity index (χ3n) is 4.85. The summed E-state index contributed by atoms with van der Waals surface area (Å²) in [5.41, 5.74) is 0.922. The smallest absolute Gasteiger partial charge is 0.249 e. The van der Waals surface area contributed by atoms with E-state index >= 15 is 0 Å². The van der Waals surface area contributed by atoms with Gasteiger partial charge in [0.05, 0.1) is 6.54 Å². The number of carbonyl (C=O) groups is 1. The van der Waals surface area contributed by atoms with Crippen LogP contribution < -0.4 is 0 Å². The normalized spacial score (nSPS) is 18.1. The van der Waals surface area contributed by atoms with E-state index in [1.807, 2.05) is 42.3 Å². The molecule has 6 nitrogen and oxygen atoms in total. The van der Waals surface area contributed by atoms with Crippen molar-refractivity contribution in [2.45, 2.75) is 45.2 Å². The van der Waals surface area contributed by atoms with Crippen molar-refractivity contribution < 1.29 is 9.32 Å². The van der Waals surface area contributed by atoms with Crippen LogP contribution >= 0.6 is 0 Å². The highest BCUT2D eigenvalue weighted by molar-refractivity contribution is 5.78. The largest absolute Gasteiger partial charge is 0.337 e. The van der Waals surface area contributed by atoms with Crippen LogP contribution in [0.3, 0.4) is 0 Å². The summed E-state index contributed by atoms with van der Waals surface area (Å²) in [4.78, 5) is 21.3. The molecule has 1 amide bonds. The third kappa shape index (κ3) is 4.07. The fourth-order valence-corrected chi connectivity index (χ4v) is 3.05. The lowest BCUT2D eigenvalue weighted by Gasteiger charge is -2.35. The Bertz CT molecular complexity index is 698. The zero-order valence-electron chi connectivity index (χ0n) is 15.2. The molecule has 2 aromatic rings. The predicted octanol–water partition coefficient (Wildman–Crippen LogP) is 3.13. The van der Waals surface area contributed by atoms with Crippen molar-refractivity contribution in [2.75, 3.05) is 20.1 Å². The zero-order chi connectivity index (χ0) is 17.8. The Balaban J connectivity index is 1.77. The van der Waals surface area contributed by atoms with Gasteiger partial charge in [-0.25, -0.2) is 0 Å². The van der Waals surface area contributed by atoms with Crippen LogP contribution in [-0.2, 0) is 4.79 Å². The van der Waals surface area contributed by atoms with Crippen LogP contribution in [-0.4, -0.2) is 52.0 Å². The van der Waals surface area contributed by atoms with Crippen molar-refractivity contribution in [3.8, 4) is 11.4 Å². The van der Waals surface area contributed by atoms with E-state index in [0.717, 1.165) is 31.4 Å². The Morgan fingerprint density at radius 1 is 1.32 bits per heavy atom. The molecule has 1 aliphatic heterocycles. The average Bonchev–Trinajstić information content (AvgIpc) is 3.12. The van der Waals surface area contributed by atoms with Gasteiger partial charge < -0.3 is 9.42 Å². The van der Waals surface area contributed by atoms with Crippen LogP contribution in [0.2, 0.25) is 0 Å². The molecular formula is C19H26N4O2. The highest BCUT2D eigenvalue weighted by Gasteiger charge is 2.32. The summed E-state index contributed by atoms with van der Waals surface area (Å²) >= 11 is 0. The Labute approximate surface area is 148 Å². The van der Waals surface area contributed by atoms with Gasteiger partial charge in [-0.15, -0.1) is 0 Å². The number of amides is 1. The van der Waals surface area contributed by atoms with E-state index in [9.17, 15) is 4.79 Å². The lowest BCUT2D eigenvalue weighted by atomic mass is 10.0. The van der Waals surface area contributed by atoms with Gasteiger partial charge in [-0.05, 0) is 40.2 Å². The van der Waals surface area contributed by atoms with Gasteiger partial charge in [0.25, 0.3) is 0 Å². The molecule has 0 spiro atoms. The maximum atomic E-state index is 12.8. The van der Waals surface area contributed by atoms with Crippen LogP contribution in [0.25, 0.3) is 11.4 Å². The first-order chi connectivity index (χ1) is 12.1. The molecule has 1 aromatic heterocycles. The molecule has 1 atom stereocenters. The number of hydrogen-bond acceptors (Lipinski definition) is 5. The fraction of sp³-hybridized carbons (Fsp3) is 0.526. The number of benzene rings is 1. The number of likely N-dealkylation sites (tertiary alicyclic amines) is 1. The highest BCUT2D eigenvalue weighted by Crippen LogP contribution is 2.31. The van der Waals surface area contributed by atoms with E-state index in [1.54, 1.807) is 0 Å². The number of piperidine rings is 1. The molecule has 0 saturated carbocycles. The summed E-state index contributed by atoms with van der Waals surface area (Å²) in [6, 6.07) is 9.98. The van der Waals surface area contributed by atoms with E-state index in [1.165, 1.54) is 0 Å². The molecule has 1 unspecified atom stereocenters. The standard InChI is InChI=1S/C19H26N4O2/c1-14(2)22(3)13-17(24)23-12-8-7-11-16(23)19-20-18(21-25-19)15-9-5-4-6-10-15/h4-6,9-10,14,16H,7-8,11-13H2,1-3H3. The first-order valence-corrected chi connectivity index (χ1v) is 8.95. The van der Waals surface area contributed by atoms with E-state index in [2.05, 4.69) is 28.9 Å². The number of carbonyl (C=O) groups excluding carboxylic acids is 1. The quantitative estimate of drug-likeness (QED) is 0.835. The van der Waals surface area contributed by atoms with Gasteiger partial charge in [-0.2, -0.15) is 4.98 Å². The number of aromatic nitrogens is 2. The third-order valence-corrected chi connectivity index (χ3v) is 4.85. The maximum Gasteiger partial charge on any atom is 0.249 e. The summed E-state index contributed by atoms with van der Waals surface area (Å²) in [6.07, 6.45) is 2.96. The van der Waals surface area contributed by atoms with Crippen molar-refractivity contribution in [3.63, 3.8) is 0 Å². The van der Waals surface area contributed by atoms with Crippen molar-refractivity contribution in [2.24, 2.45) is 0 Å². The monoisotopic (exact) mass is 342 g/mol. The minimum absolute atomic E-state index is 0.119. The molecule has 1 fully saturated rings. The minimum atomic E-state index is -0.119. The SMILES string of the molecule is CC(C)N(C)CC(=O)N1CCCCC1c1nc(-c2ccccc2)no1. The van der Waals surface area contributed by atoms with Gasteiger partial charge in [-0.1, -0.05) is 35.5 Å². The van der Waals surface area contributed by atoms with Gasteiger partial charge in [-0.3, -0.25) is 9.69 Å². The number of nitrogens with zero attached hydrogens (tertiary/aromatic N) is 4. The van der Waals surface area contributed by atoms with Crippen molar-refractivity contribution in [1.82, 2.24) is 19.9 Å². The van der Waals surface area contributed by atoms with E-state index in [-0.39, 0.29) is 11.9 Å². The lowest BCUT2D eigenvalue weighted by Crippen LogP contribution is -2.45. The van der Waals surface area contributed by atoms with Crippen molar-refractivity contribution in [3.05, 3.63) is 36.2 Å². The molecule has 6 heteroatoms. The molecule has 1 aromatic carbocycles. The molecule has 0 aliphatic carbocycles. The van der Waals surface area contributed by atoms with Gasteiger partial charge in [0, 0.05) is 18.2 Å². The molecule has 3 rings (SSSR count). The molecule has 0 N–H and O–H groups in total. The number of rotatable bonds is 5. The summed E-state index contributed by atoms with van der Waals surface area (Å²) in [7, 11) is 1.97. The molecule has 1 saturated heterocycles. The topological polar surface area (TPSA) is 62.5 Å². The molecule has 0 bridgehead atoms. The van der Waals surface area contributed by atoms with Gasteiger partial charge in [0.2, 0.25) is 17.6 Å². The Morgan fingerprint density at radius 3 is 2.80 bits per heavy atom. The van der Waals surface area contributed by atoms with Crippen LogP contribution in [0.5, 0.6) is 0 Å². The maximum absolute atomic E-state index is 12.8. The van der Waals surface area contributed by atoms with Gasteiger partial charge in [0.15, 0.2) is 0 Å². The summed E-state index contributed by atoms with van der Waals surface area (Å²) in [5.74, 6) is 1.24. The van der Waals surface area contributed by atoms with Crippen LogP contribution in [0.4, 0.5) is 0 Å². The second kappa shape index (κ2) is 7.78. The Morgan fingerprint density at radius 2 is 2.08 bits per heavy atom. The molecule has 1 aliphatic rings. The lowest BCUT2D eigenvalue weighted by molar-refractivity contribution is -0.137. The fourth-order valence-electron chi connectivity index (χ4n) is 3.05. The van der Waals surface area contributed by atoms with Gasteiger partial charge >= 0.3 is 0 Å². The second-order valence-electron chi connectivity index (χ2n) is 6.93. The van der Waals surface area contributed by atoms with E-state index in [4.69, 9.17) is 4.52 Å². The van der Waals surface area contributed by atoms with E-state index < -0.39 is 0 Å². The zero-order valence-corrected chi connectivity index (χ0v) is 15.2. The van der Waals surface area contributed by atoms with Gasteiger partial charge in [0.1, 0.15) is 6.04 Å². The minimum Gasteiger partial charge on any atom is -0.337 e. The van der Waals surface area contributed by atoms with Crippen LogP contribution in [0, 0.1) is 0 Å². The first-order valence-electron chi connectivity index (χ1n) is 8.95. The molecular weight excluding hydrogens is 316 g/mol. The first kappa shape index (κ1) is 17.6. The van der Waals surface area contributed by atoms with Crippen molar-refractivity contribution in [1.29, 1.82) is 0 Å². The summed E-state index contributed by atoms with van der Waals surface area (Å²) in [5, 5.41) is 4.11. The molecule has 0 radical (unpaired) electrons. The summed E-state index contributed by atoms with van der Waals surface area (Å²) < 4.78 is 5.52. The van der Waals surface area contributed by atoms with Crippen molar-refractivity contribution >= 4 is 5.91 Å². The molecule has 134 valence electrons. The number of hydrogen-bond donors (Lipinski definition) is 0. The highest BCUT2D eigenvalue weighted by atomic mass is 16.5. The molecule has 2 heterocycles. The summed E-state index contributed by atoms with van der Waals surface area (Å²) in [6.45, 7) is 5.34. The predicted molar refractivity (Wildman–Crippen MR) is 95.8 cm³/mol. The average molecular weight is 342 g/mol. The molecule has 25 heavy (non-hydrogen) atoms. The van der Waals surface area contributed by atoms with Crippen LogP contribution in [0.1, 0.15) is 45.0 Å². The number of likely N-dealkylation sites (N-methyl/N-ethyl adjacent to an activating group) is 1. The Hall–Kier alpha value is -2.21. The van der Waals surface area contributed by atoms with Crippen LogP contribution in [0.15, 0.2) is 34.9 Å². The Kier molecular flexibility index (Phi) is 5.48. The second-order valence-corrected chi connectivity index (χ2v) is 6.93.